The van der Waals surface area contributed by atoms with Gasteiger partial charge in [-0.1, -0.05) is 12.1 Å². The van der Waals surface area contributed by atoms with Crippen LogP contribution in [0, 0.1) is 0 Å². The minimum Gasteiger partial charge on any atom is -0.340 e. The number of anilines is 2. The van der Waals surface area contributed by atoms with Gasteiger partial charge in [-0.25, -0.2) is 0 Å². The van der Waals surface area contributed by atoms with Gasteiger partial charge in [-0.05, 0) is 12.1 Å². The highest BCUT2D eigenvalue weighted by Gasteiger charge is 2.27. The molecule has 3 rings (SSSR count). The fraction of sp³-hybridized carbons (Fsp3) is 0.438. The van der Waals surface area contributed by atoms with Crippen molar-refractivity contribution in [1.82, 2.24) is 10.2 Å². The first-order chi connectivity index (χ1) is 11.1. The molecule has 1 aromatic rings. The summed E-state index contributed by atoms with van der Waals surface area (Å²) in [6.45, 7) is 2.94. The van der Waals surface area contributed by atoms with Crippen molar-refractivity contribution in [2.75, 3.05) is 42.9 Å². The third-order valence-electron chi connectivity index (χ3n) is 4.09. The molecule has 2 N–H and O–H groups in total. The number of nitrogens with one attached hydrogen (secondary N) is 2. The van der Waals surface area contributed by atoms with Crippen LogP contribution in [-0.2, 0) is 14.4 Å². The molecule has 0 unspecified atom stereocenters. The Morgan fingerprint density at radius 1 is 1.04 bits per heavy atom. The zero-order chi connectivity index (χ0) is 16.2. The number of fused-ring (bicyclic) bond motifs is 1. The van der Waals surface area contributed by atoms with Crippen LogP contribution in [0.5, 0.6) is 0 Å². The predicted octanol–water partition coefficient (Wildman–Crippen LogP) is 0.605. The average Bonchev–Trinajstić information content (AvgIpc) is 2.59. The van der Waals surface area contributed by atoms with E-state index in [2.05, 4.69) is 10.6 Å². The Morgan fingerprint density at radius 3 is 2.46 bits per heavy atom. The second-order valence-corrected chi connectivity index (χ2v) is 5.68. The molecule has 0 radical (unpaired) electrons. The van der Waals surface area contributed by atoms with Gasteiger partial charge in [0.15, 0.2) is 0 Å². The molecular formula is C16H21ClN4O3. The summed E-state index contributed by atoms with van der Waals surface area (Å²) in [5, 5.41) is 5.93. The molecule has 1 aromatic carbocycles. The number of carbonyl (C=O) groups excluding carboxylic acids is 3. The van der Waals surface area contributed by atoms with Crippen molar-refractivity contribution in [2.45, 2.75) is 12.8 Å². The number of benzene rings is 1. The van der Waals surface area contributed by atoms with E-state index in [0.29, 0.717) is 24.5 Å². The number of piperazine rings is 1. The van der Waals surface area contributed by atoms with Gasteiger partial charge in [-0.3, -0.25) is 14.4 Å². The monoisotopic (exact) mass is 352 g/mol. The molecule has 2 aliphatic rings. The summed E-state index contributed by atoms with van der Waals surface area (Å²) < 4.78 is 0. The topological polar surface area (TPSA) is 81.8 Å². The van der Waals surface area contributed by atoms with Crippen LogP contribution in [0.1, 0.15) is 12.8 Å². The number of hydrogen-bond acceptors (Lipinski definition) is 4. The Labute approximate surface area is 146 Å². The first-order valence-corrected chi connectivity index (χ1v) is 7.83. The number of para-hydroxylation sites is 2. The van der Waals surface area contributed by atoms with E-state index < -0.39 is 0 Å². The second-order valence-electron chi connectivity index (χ2n) is 5.68. The van der Waals surface area contributed by atoms with Crippen LogP contribution in [0.15, 0.2) is 24.3 Å². The summed E-state index contributed by atoms with van der Waals surface area (Å²) in [6.07, 6.45) is 0.295. The number of rotatable bonds is 3. The van der Waals surface area contributed by atoms with Gasteiger partial charge in [0.1, 0.15) is 6.54 Å². The number of amides is 3. The third-order valence-corrected chi connectivity index (χ3v) is 4.09. The van der Waals surface area contributed by atoms with E-state index in [4.69, 9.17) is 0 Å². The molecule has 8 heteroatoms. The quantitative estimate of drug-likeness (QED) is 0.835. The summed E-state index contributed by atoms with van der Waals surface area (Å²) in [7, 11) is 0. The number of halogens is 1. The maximum atomic E-state index is 12.5. The van der Waals surface area contributed by atoms with Crippen molar-refractivity contribution in [1.29, 1.82) is 0 Å². The number of hydrogen-bond donors (Lipinski definition) is 2. The summed E-state index contributed by atoms with van der Waals surface area (Å²) in [6, 6.07) is 7.19. The SMILES string of the molecule is Cl.O=C1CN(C(=O)CCC(=O)N2CCNCC2)c2ccccc2N1. The molecule has 3 amide bonds. The summed E-state index contributed by atoms with van der Waals surface area (Å²) in [5.74, 6) is -0.420. The second kappa shape index (κ2) is 8.12. The van der Waals surface area contributed by atoms with E-state index in [1.165, 1.54) is 4.90 Å². The zero-order valence-corrected chi connectivity index (χ0v) is 14.1. The van der Waals surface area contributed by atoms with Crippen LogP contribution >= 0.6 is 12.4 Å². The summed E-state index contributed by atoms with van der Waals surface area (Å²) in [4.78, 5) is 39.6. The molecule has 7 nitrogen and oxygen atoms in total. The molecule has 1 fully saturated rings. The average molecular weight is 353 g/mol. The molecule has 0 spiro atoms. The standard InChI is InChI=1S/C16H20N4O3.ClH/c21-14-11-20(13-4-2-1-3-12(13)18-14)16(23)6-5-15(22)19-9-7-17-8-10-19;/h1-4,17H,5-11H2,(H,18,21);1H. The third kappa shape index (κ3) is 4.04. The van der Waals surface area contributed by atoms with Crippen molar-refractivity contribution in [3.05, 3.63) is 24.3 Å². The van der Waals surface area contributed by atoms with Crippen molar-refractivity contribution in [3.8, 4) is 0 Å². The van der Waals surface area contributed by atoms with Crippen LogP contribution < -0.4 is 15.5 Å². The molecule has 2 heterocycles. The lowest BCUT2D eigenvalue weighted by Crippen LogP contribution is -2.47. The molecule has 0 saturated carbocycles. The molecule has 0 atom stereocenters. The van der Waals surface area contributed by atoms with Crippen LogP contribution in [0.3, 0.4) is 0 Å². The molecular weight excluding hydrogens is 332 g/mol. The maximum Gasteiger partial charge on any atom is 0.244 e. The Kier molecular flexibility index (Phi) is 6.16. The van der Waals surface area contributed by atoms with Gasteiger partial charge in [0.05, 0.1) is 11.4 Å². The van der Waals surface area contributed by atoms with Gasteiger partial charge < -0.3 is 20.4 Å². The highest BCUT2D eigenvalue weighted by molar-refractivity contribution is 6.10. The zero-order valence-electron chi connectivity index (χ0n) is 13.3. The van der Waals surface area contributed by atoms with Crippen LogP contribution in [0.2, 0.25) is 0 Å². The van der Waals surface area contributed by atoms with Gasteiger partial charge in [0.25, 0.3) is 0 Å². The van der Waals surface area contributed by atoms with E-state index >= 15 is 0 Å². The molecule has 1 saturated heterocycles. The number of carbonyl (C=O) groups is 3. The largest absolute Gasteiger partial charge is 0.340 e. The minimum absolute atomic E-state index is 0. The lowest BCUT2D eigenvalue weighted by Gasteiger charge is -2.30. The normalized spacial score (nSPS) is 16.8. The lowest BCUT2D eigenvalue weighted by molar-refractivity contribution is -0.133. The molecule has 130 valence electrons. The van der Waals surface area contributed by atoms with Gasteiger partial charge in [0, 0.05) is 39.0 Å². The van der Waals surface area contributed by atoms with Crippen LogP contribution in [0.25, 0.3) is 0 Å². The predicted molar refractivity (Wildman–Crippen MR) is 93.4 cm³/mol. The Hall–Kier alpha value is -2.12. The fourth-order valence-corrected chi connectivity index (χ4v) is 2.88. The first kappa shape index (κ1) is 18.2. The van der Waals surface area contributed by atoms with E-state index in [-0.39, 0.29) is 49.5 Å². The maximum absolute atomic E-state index is 12.5. The van der Waals surface area contributed by atoms with Crippen molar-refractivity contribution < 1.29 is 14.4 Å². The van der Waals surface area contributed by atoms with Gasteiger partial charge in [0.2, 0.25) is 17.7 Å². The lowest BCUT2D eigenvalue weighted by atomic mass is 10.1. The highest BCUT2D eigenvalue weighted by atomic mass is 35.5. The Morgan fingerprint density at radius 2 is 1.71 bits per heavy atom. The van der Waals surface area contributed by atoms with Crippen molar-refractivity contribution in [2.24, 2.45) is 0 Å². The molecule has 0 aliphatic carbocycles. The molecule has 24 heavy (non-hydrogen) atoms. The first-order valence-electron chi connectivity index (χ1n) is 7.83. The van der Waals surface area contributed by atoms with Gasteiger partial charge in [-0.15, -0.1) is 12.4 Å². The molecule has 0 aromatic heterocycles. The van der Waals surface area contributed by atoms with E-state index in [1.54, 1.807) is 23.1 Å². The molecule has 2 aliphatic heterocycles. The van der Waals surface area contributed by atoms with Crippen LogP contribution in [-0.4, -0.2) is 55.3 Å². The van der Waals surface area contributed by atoms with Crippen molar-refractivity contribution in [3.63, 3.8) is 0 Å². The highest BCUT2D eigenvalue weighted by Crippen LogP contribution is 2.29. The summed E-state index contributed by atoms with van der Waals surface area (Å²) in [5.41, 5.74) is 1.32. The number of nitrogens with zero attached hydrogens (tertiary/aromatic N) is 2. The van der Waals surface area contributed by atoms with E-state index in [1.807, 2.05) is 6.07 Å². The Bertz CT molecular complexity index is 632. The Balaban J connectivity index is 0.00000208. The minimum atomic E-state index is -0.217. The van der Waals surface area contributed by atoms with Gasteiger partial charge >= 0.3 is 0 Å². The summed E-state index contributed by atoms with van der Waals surface area (Å²) >= 11 is 0. The smallest absolute Gasteiger partial charge is 0.244 e. The fourth-order valence-electron chi connectivity index (χ4n) is 2.88. The molecule has 0 bridgehead atoms. The van der Waals surface area contributed by atoms with E-state index in [0.717, 1.165) is 13.1 Å². The van der Waals surface area contributed by atoms with Crippen molar-refractivity contribution >= 4 is 41.5 Å². The van der Waals surface area contributed by atoms with Gasteiger partial charge in [-0.2, -0.15) is 0 Å². The van der Waals surface area contributed by atoms with E-state index in [9.17, 15) is 14.4 Å². The van der Waals surface area contributed by atoms with Crippen LogP contribution in [0.4, 0.5) is 11.4 Å².